The van der Waals surface area contributed by atoms with Gasteiger partial charge in [-0.25, -0.2) is 0 Å². The average Bonchev–Trinajstić information content (AvgIpc) is 2.81. The van der Waals surface area contributed by atoms with Crippen LogP contribution >= 0.6 is 0 Å². The van der Waals surface area contributed by atoms with Crippen LogP contribution in [0.4, 0.5) is 34.1 Å². The maximum atomic E-state index is 2.48. The Balaban J connectivity index is 0.933. The number of fused-ring (bicyclic) bond motifs is 6. The van der Waals surface area contributed by atoms with Crippen molar-refractivity contribution in [2.45, 2.75) is 0 Å². The Morgan fingerprint density at radius 3 is 0.857 bits per heavy atom. The molecular formula is C82H54N2. The molecule has 0 spiro atoms. The third-order valence-electron chi connectivity index (χ3n) is 17.1. The van der Waals surface area contributed by atoms with Crippen LogP contribution in [0.25, 0.3) is 121 Å². The van der Waals surface area contributed by atoms with Gasteiger partial charge in [0, 0.05) is 34.1 Å². The molecule has 0 bridgehead atoms. The summed E-state index contributed by atoms with van der Waals surface area (Å²) < 4.78 is 0. The van der Waals surface area contributed by atoms with Crippen LogP contribution in [0.15, 0.2) is 328 Å². The van der Waals surface area contributed by atoms with Crippen LogP contribution < -0.4 is 9.80 Å². The number of hydrogen-bond acceptors (Lipinski definition) is 2. The third kappa shape index (κ3) is 8.18. The average molecular weight is 1070 g/mol. The number of benzene rings is 15. The van der Waals surface area contributed by atoms with E-state index < -0.39 is 0 Å². The Bertz CT molecular complexity index is 4860. The van der Waals surface area contributed by atoms with Crippen molar-refractivity contribution in [3.63, 3.8) is 0 Å². The summed E-state index contributed by atoms with van der Waals surface area (Å²) >= 11 is 0. The predicted molar refractivity (Wildman–Crippen MR) is 357 cm³/mol. The highest BCUT2D eigenvalue weighted by molar-refractivity contribution is 6.28. The first-order valence-electron chi connectivity index (χ1n) is 29.0. The van der Waals surface area contributed by atoms with Gasteiger partial charge in [-0.05, 0) is 206 Å². The monoisotopic (exact) mass is 1070 g/mol. The van der Waals surface area contributed by atoms with Crippen molar-refractivity contribution < 1.29 is 0 Å². The fraction of sp³-hybridized carbons (Fsp3) is 0. The van der Waals surface area contributed by atoms with Gasteiger partial charge in [-0.3, -0.25) is 0 Å². The summed E-state index contributed by atoms with van der Waals surface area (Å²) in [7, 11) is 0. The predicted octanol–water partition coefficient (Wildman–Crippen LogP) is 23.2. The molecule has 0 N–H and O–H groups in total. The number of hydrogen-bond donors (Lipinski definition) is 0. The van der Waals surface area contributed by atoms with Crippen molar-refractivity contribution in [2.75, 3.05) is 9.80 Å². The molecule has 1 aliphatic rings. The van der Waals surface area contributed by atoms with E-state index in [-0.39, 0.29) is 0 Å². The molecule has 84 heavy (non-hydrogen) atoms. The number of para-hydroxylation sites is 4. The highest BCUT2D eigenvalue weighted by atomic mass is 15.1. The van der Waals surface area contributed by atoms with Crippen LogP contribution in [0.2, 0.25) is 0 Å². The van der Waals surface area contributed by atoms with Gasteiger partial charge in [0.25, 0.3) is 0 Å². The van der Waals surface area contributed by atoms with Gasteiger partial charge in [-0.1, -0.05) is 243 Å². The van der Waals surface area contributed by atoms with Gasteiger partial charge in [0.05, 0.1) is 0 Å². The van der Waals surface area contributed by atoms with Crippen molar-refractivity contribution in [1.82, 2.24) is 0 Å². The third-order valence-corrected chi connectivity index (χ3v) is 17.1. The summed E-state index contributed by atoms with van der Waals surface area (Å²) in [5.74, 6) is 0. The second-order valence-corrected chi connectivity index (χ2v) is 21.9. The zero-order valence-electron chi connectivity index (χ0n) is 46.1. The normalized spacial score (nSPS) is 11.6. The maximum absolute atomic E-state index is 2.48. The molecule has 15 aromatic carbocycles. The molecule has 1 aliphatic carbocycles. The first-order chi connectivity index (χ1) is 41.7. The SMILES string of the molecule is c1ccc(-c2c3c(c(-c4ccccc4)c4cc(-c5ccc6c(-c7ccc(N(c8ccccc8)c8ccccc8)cc7)c7ccccc7c(-c7ccc(N(c8ccccc8)c8ccccc8)cc7)c6c5)ccc24)-c2cccc4cccc-3c24)cc1. The smallest absolute Gasteiger partial charge is 0.0462 e. The van der Waals surface area contributed by atoms with E-state index in [1.54, 1.807) is 0 Å². The van der Waals surface area contributed by atoms with Crippen LogP contribution in [-0.2, 0) is 0 Å². The lowest BCUT2D eigenvalue weighted by Crippen LogP contribution is -2.09. The van der Waals surface area contributed by atoms with Crippen LogP contribution in [0.3, 0.4) is 0 Å². The molecule has 0 unspecified atom stereocenters. The van der Waals surface area contributed by atoms with E-state index in [0.29, 0.717) is 0 Å². The molecule has 0 saturated heterocycles. The minimum absolute atomic E-state index is 1.09. The molecule has 392 valence electrons. The number of anilines is 6. The fourth-order valence-corrected chi connectivity index (χ4v) is 13.5. The summed E-state index contributed by atoms with van der Waals surface area (Å²) in [4.78, 5) is 4.67. The summed E-state index contributed by atoms with van der Waals surface area (Å²) in [5, 5.41) is 9.86. The van der Waals surface area contributed by atoms with E-state index in [0.717, 1.165) is 56.4 Å². The topological polar surface area (TPSA) is 6.48 Å². The van der Waals surface area contributed by atoms with Crippen LogP contribution in [0.5, 0.6) is 0 Å². The van der Waals surface area contributed by atoms with Gasteiger partial charge >= 0.3 is 0 Å². The van der Waals surface area contributed by atoms with E-state index in [1.807, 2.05) is 0 Å². The lowest BCUT2D eigenvalue weighted by atomic mass is 9.81. The standard InChI is InChI=1S/C82H54N2/c1-7-23-56(24-8-1)79-71-52-46-61(54-75(71)80(57-25-9-2-10-26-57)82-73-40-22-28-55-27-21-39-72(78(55)73)81(79)82)60-45-51-70-74(53-60)77(59-43-49-67(50-44-59)84(64-33-15-5-16-34-64)65-35-17-6-18-36-65)69-38-20-19-37-68(69)76(70)58-41-47-66(48-42-58)83(62-29-11-3-12-30-62)63-31-13-4-14-32-63/h1-54H. The van der Waals surface area contributed by atoms with Gasteiger partial charge in [-0.15, -0.1) is 0 Å². The van der Waals surface area contributed by atoms with E-state index in [4.69, 9.17) is 0 Å². The molecule has 16 rings (SSSR count). The minimum atomic E-state index is 1.09. The molecule has 0 amide bonds. The van der Waals surface area contributed by atoms with E-state index in [9.17, 15) is 0 Å². The second kappa shape index (κ2) is 20.5. The van der Waals surface area contributed by atoms with E-state index in [1.165, 1.54) is 98.7 Å². The maximum Gasteiger partial charge on any atom is 0.0462 e. The molecule has 0 aromatic heterocycles. The number of rotatable bonds is 11. The molecule has 2 nitrogen and oxygen atoms in total. The molecule has 0 atom stereocenters. The molecule has 0 aliphatic heterocycles. The highest BCUT2D eigenvalue weighted by Gasteiger charge is 2.31. The highest BCUT2D eigenvalue weighted by Crippen LogP contribution is 2.58. The first-order valence-corrected chi connectivity index (χ1v) is 29.0. The Hall–Kier alpha value is -11.1. The Morgan fingerprint density at radius 1 is 0.167 bits per heavy atom. The van der Waals surface area contributed by atoms with Crippen LogP contribution in [0.1, 0.15) is 0 Å². The van der Waals surface area contributed by atoms with Crippen LogP contribution in [-0.4, -0.2) is 0 Å². The summed E-state index contributed by atoms with van der Waals surface area (Å²) in [5.41, 5.74) is 23.8. The molecule has 0 saturated carbocycles. The van der Waals surface area contributed by atoms with Gasteiger partial charge in [0.15, 0.2) is 0 Å². The zero-order valence-corrected chi connectivity index (χ0v) is 46.1. The van der Waals surface area contributed by atoms with Crippen molar-refractivity contribution >= 4 is 77.2 Å². The Kier molecular flexibility index (Phi) is 11.9. The lowest BCUT2D eigenvalue weighted by Gasteiger charge is -2.26. The quantitative estimate of drug-likeness (QED) is 0.119. The Labute approximate surface area is 489 Å². The van der Waals surface area contributed by atoms with Gasteiger partial charge in [0.2, 0.25) is 0 Å². The molecule has 0 radical (unpaired) electrons. The van der Waals surface area contributed by atoms with Crippen molar-refractivity contribution in [1.29, 1.82) is 0 Å². The summed E-state index contributed by atoms with van der Waals surface area (Å²) in [6.07, 6.45) is 0. The molecule has 0 fully saturated rings. The van der Waals surface area contributed by atoms with Gasteiger partial charge < -0.3 is 9.80 Å². The Morgan fingerprint density at radius 2 is 0.452 bits per heavy atom. The molecular weight excluding hydrogens is 1010 g/mol. The summed E-state index contributed by atoms with van der Waals surface area (Å²) in [6, 6.07) is 120. The second-order valence-electron chi connectivity index (χ2n) is 21.9. The van der Waals surface area contributed by atoms with Crippen molar-refractivity contribution in [3.8, 4) is 77.9 Å². The molecule has 0 heterocycles. The lowest BCUT2D eigenvalue weighted by molar-refractivity contribution is 1.28. The largest absolute Gasteiger partial charge is 0.311 e. The zero-order chi connectivity index (χ0) is 55.5. The van der Waals surface area contributed by atoms with Crippen molar-refractivity contribution in [3.05, 3.63) is 328 Å². The molecule has 15 aromatic rings. The van der Waals surface area contributed by atoms with Crippen molar-refractivity contribution in [2.24, 2.45) is 0 Å². The first kappa shape index (κ1) is 48.8. The van der Waals surface area contributed by atoms with Gasteiger partial charge in [-0.2, -0.15) is 0 Å². The summed E-state index contributed by atoms with van der Waals surface area (Å²) in [6.45, 7) is 0. The van der Waals surface area contributed by atoms with E-state index >= 15 is 0 Å². The number of nitrogens with zero attached hydrogens (tertiary/aromatic N) is 2. The minimum Gasteiger partial charge on any atom is -0.311 e. The van der Waals surface area contributed by atoms with Gasteiger partial charge in [0.1, 0.15) is 0 Å². The molecule has 2 heteroatoms. The van der Waals surface area contributed by atoms with Crippen LogP contribution in [0, 0.1) is 0 Å². The van der Waals surface area contributed by atoms with E-state index in [2.05, 4.69) is 337 Å². The fourth-order valence-electron chi connectivity index (χ4n) is 13.5.